The number of amides is 2. The number of carboxylic acids is 1. The number of aromatic carboxylic acids is 1. The molecular weight excluding hydrogens is 444 g/mol. The predicted octanol–water partition coefficient (Wildman–Crippen LogP) is 2.96. The normalized spacial score (nSPS) is 14.8. The van der Waals surface area contributed by atoms with E-state index in [9.17, 15) is 14.4 Å². The first-order valence-corrected chi connectivity index (χ1v) is 10.3. The highest BCUT2D eigenvalue weighted by atomic mass is 32.1. The van der Waals surface area contributed by atoms with Crippen LogP contribution in [0, 0.1) is 0 Å². The maximum atomic E-state index is 12.5. The third-order valence-corrected chi connectivity index (χ3v) is 5.31. The second kappa shape index (κ2) is 10.1. The predicted molar refractivity (Wildman–Crippen MR) is 126 cm³/mol. The van der Waals surface area contributed by atoms with Crippen LogP contribution in [0.2, 0.25) is 0 Å². The van der Waals surface area contributed by atoms with Crippen molar-refractivity contribution in [3.63, 3.8) is 0 Å². The quantitative estimate of drug-likeness (QED) is 0.267. The van der Waals surface area contributed by atoms with Crippen LogP contribution in [0.15, 0.2) is 54.6 Å². The van der Waals surface area contributed by atoms with E-state index in [0.29, 0.717) is 23.5 Å². The molecule has 0 spiro atoms. The van der Waals surface area contributed by atoms with E-state index >= 15 is 0 Å². The number of rotatable bonds is 8. The van der Waals surface area contributed by atoms with E-state index in [1.165, 1.54) is 37.3 Å². The Balaban J connectivity index is 1.93. The summed E-state index contributed by atoms with van der Waals surface area (Å²) in [6.07, 6.45) is 3.62. The smallest absolute Gasteiger partial charge is 0.335 e. The van der Waals surface area contributed by atoms with E-state index < -0.39 is 17.8 Å². The second-order valence-electron chi connectivity index (χ2n) is 7.18. The second-order valence-corrected chi connectivity index (χ2v) is 7.56. The maximum absolute atomic E-state index is 12.5. The number of hydrogen-bond donors (Lipinski definition) is 2. The number of ether oxygens (including phenoxy) is 2. The molecular formula is C24H22N2O6S. The molecule has 8 nitrogen and oxygen atoms in total. The number of nitrogens with zero attached hydrogens (tertiary/aromatic N) is 1. The minimum Gasteiger partial charge on any atom is -0.493 e. The van der Waals surface area contributed by atoms with Gasteiger partial charge in [-0.05, 0) is 60.1 Å². The Bertz CT molecular complexity index is 1170. The van der Waals surface area contributed by atoms with Crippen LogP contribution >= 0.6 is 12.2 Å². The van der Waals surface area contributed by atoms with Crippen LogP contribution in [0.1, 0.15) is 27.0 Å². The Morgan fingerprint density at radius 3 is 2.55 bits per heavy atom. The van der Waals surface area contributed by atoms with Crippen molar-refractivity contribution < 1.29 is 29.0 Å². The van der Waals surface area contributed by atoms with Crippen molar-refractivity contribution in [3.05, 3.63) is 76.9 Å². The summed E-state index contributed by atoms with van der Waals surface area (Å²) in [5.74, 6) is -1.17. The minimum absolute atomic E-state index is 0.0483. The maximum Gasteiger partial charge on any atom is 0.335 e. The van der Waals surface area contributed by atoms with Crippen molar-refractivity contribution in [2.24, 2.45) is 0 Å². The fraction of sp³-hybridized carbons (Fsp3) is 0.167. The van der Waals surface area contributed by atoms with Crippen molar-refractivity contribution in [1.82, 2.24) is 10.2 Å². The lowest BCUT2D eigenvalue weighted by Gasteiger charge is -2.25. The largest absolute Gasteiger partial charge is 0.493 e. The number of methoxy groups -OCH3 is 1. The zero-order valence-corrected chi connectivity index (χ0v) is 18.9. The molecule has 0 saturated carbocycles. The van der Waals surface area contributed by atoms with Crippen molar-refractivity contribution >= 4 is 41.2 Å². The zero-order chi connectivity index (χ0) is 24.1. The number of hydrogen-bond acceptors (Lipinski definition) is 6. The van der Waals surface area contributed by atoms with Crippen LogP contribution < -0.4 is 14.8 Å². The van der Waals surface area contributed by atoms with Gasteiger partial charge in [-0.25, -0.2) is 4.79 Å². The van der Waals surface area contributed by atoms with E-state index in [-0.39, 0.29) is 22.9 Å². The summed E-state index contributed by atoms with van der Waals surface area (Å²) in [7, 11) is 2.98. The van der Waals surface area contributed by atoms with Gasteiger partial charge in [-0.1, -0.05) is 18.2 Å². The number of carbonyl (C=O) groups excluding carboxylic acids is 2. The van der Waals surface area contributed by atoms with E-state index in [1.54, 1.807) is 30.3 Å². The van der Waals surface area contributed by atoms with Gasteiger partial charge in [-0.3, -0.25) is 19.8 Å². The Labute approximate surface area is 196 Å². The summed E-state index contributed by atoms with van der Waals surface area (Å²) >= 11 is 4.97. The van der Waals surface area contributed by atoms with Gasteiger partial charge in [-0.2, -0.15) is 0 Å². The molecule has 3 rings (SSSR count). The number of carboxylic acid groups (broad SMARTS) is 1. The third-order valence-electron chi connectivity index (χ3n) is 4.94. The van der Waals surface area contributed by atoms with Gasteiger partial charge in [0.05, 0.1) is 12.7 Å². The average Bonchev–Trinajstić information content (AvgIpc) is 2.79. The number of allylic oxidation sites excluding steroid dienone is 1. The molecule has 0 radical (unpaired) electrons. The number of likely N-dealkylation sites (N-methyl/N-ethyl adjacent to an activating group) is 1. The van der Waals surface area contributed by atoms with Gasteiger partial charge in [0.15, 0.2) is 16.6 Å². The van der Waals surface area contributed by atoms with Gasteiger partial charge in [0.2, 0.25) is 0 Å². The van der Waals surface area contributed by atoms with Crippen LogP contribution in [0.5, 0.6) is 11.5 Å². The summed E-state index contributed by atoms with van der Waals surface area (Å²) < 4.78 is 11.5. The molecule has 1 aliphatic heterocycles. The molecule has 9 heteroatoms. The SMILES string of the molecule is C=CCc1cc(/C=C2\C(=O)NC(=S)N(C)C2=O)cc(OC)c1OCc1ccc(C(=O)O)cc1. The molecule has 1 saturated heterocycles. The van der Waals surface area contributed by atoms with E-state index in [2.05, 4.69) is 11.9 Å². The first kappa shape index (κ1) is 23.7. The standard InChI is InChI=1S/C24H22N2O6S/c1-4-5-17-10-15(11-18-21(27)25-24(33)26(2)22(18)28)12-19(31-3)20(17)32-13-14-6-8-16(9-7-14)23(29)30/h4,6-12H,1,5,13H2,2-3H3,(H,29,30)(H,25,27,33)/b18-11+. The monoisotopic (exact) mass is 466 g/mol. The van der Waals surface area contributed by atoms with Crippen LogP contribution in [0.3, 0.4) is 0 Å². The molecule has 2 amide bonds. The van der Waals surface area contributed by atoms with E-state index in [1.807, 2.05) is 0 Å². The Kier molecular flexibility index (Phi) is 7.24. The van der Waals surface area contributed by atoms with Crippen molar-refractivity contribution in [2.75, 3.05) is 14.2 Å². The molecule has 0 aliphatic carbocycles. The van der Waals surface area contributed by atoms with Gasteiger partial charge in [0, 0.05) is 12.6 Å². The molecule has 1 aliphatic rings. The van der Waals surface area contributed by atoms with Crippen molar-refractivity contribution in [3.8, 4) is 11.5 Å². The highest BCUT2D eigenvalue weighted by Gasteiger charge is 2.30. The number of carbonyl (C=O) groups is 3. The summed E-state index contributed by atoms with van der Waals surface area (Å²) in [6, 6.07) is 9.82. The highest BCUT2D eigenvalue weighted by Crippen LogP contribution is 2.35. The van der Waals surface area contributed by atoms with Crippen LogP contribution in [-0.4, -0.2) is 47.1 Å². The van der Waals surface area contributed by atoms with Crippen molar-refractivity contribution in [1.29, 1.82) is 0 Å². The Hall–Kier alpha value is -3.98. The third kappa shape index (κ3) is 5.27. The molecule has 2 aromatic rings. The summed E-state index contributed by atoms with van der Waals surface area (Å²) in [6.45, 7) is 3.96. The molecule has 1 heterocycles. The lowest BCUT2D eigenvalue weighted by Crippen LogP contribution is -2.52. The average molecular weight is 467 g/mol. The van der Waals surface area contributed by atoms with Crippen LogP contribution in [0.4, 0.5) is 0 Å². The Morgan fingerprint density at radius 2 is 1.94 bits per heavy atom. The van der Waals surface area contributed by atoms with Crippen molar-refractivity contribution in [2.45, 2.75) is 13.0 Å². The number of benzene rings is 2. The molecule has 2 aromatic carbocycles. The van der Waals surface area contributed by atoms with E-state index in [0.717, 1.165) is 11.1 Å². The Morgan fingerprint density at radius 1 is 1.24 bits per heavy atom. The highest BCUT2D eigenvalue weighted by molar-refractivity contribution is 7.80. The first-order valence-electron chi connectivity index (χ1n) is 9.87. The van der Waals surface area contributed by atoms with Gasteiger partial charge < -0.3 is 14.6 Å². The zero-order valence-electron chi connectivity index (χ0n) is 18.1. The molecule has 2 N–H and O–H groups in total. The van der Waals surface area contributed by atoms with Crippen LogP contribution in [-0.2, 0) is 22.6 Å². The number of thiocarbonyl (C=S) groups is 1. The summed E-state index contributed by atoms with van der Waals surface area (Å²) in [5, 5.41) is 11.6. The fourth-order valence-electron chi connectivity index (χ4n) is 3.20. The molecule has 0 atom stereocenters. The lowest BCUT2D eigenvalue weighted by atomic mass is 10.0. The first-order chi connectivity index (χ1) is 15.7. The summed E-state index contributed by atoms with van der Waals surface area (Å²) in [5.41, 5.74) is 2.23. The van der Waals surface area contributed by atoms with Gasteiger partial charge in [0.1, 0.15) is 12.2 Å². The van der Waals surface area contributed by atoms with Gasteiger partial charge >= 0.3 is 5.97 Å². The van der Waals surface area contributed by atoms with Gasteiger partial charge in [0.25, 0.3) is 11.8 Å². The lowest BCUT2D eigenvalue weighted by molar-refractivity contribution is -0.128. The number of nitrogens with one attached hydrogen (secondary N) is 1. The van der Waals surface area contributed by atoms with Crippen LogP contribution in [0.25, 0.3) is 6.08 Å². The fourth-order valence-corrected chi connectivity index (χ4v) is 3.38. The molecule has 33 heavy (non-hydrogen) atoms. The topological polar surface area (TPSA) is 105 Å². The van der Waals surface area contributed by atoms with Gasteiger partial charge in [-0.15, -0.1) is 6.58 Å². The summed E-state index contributed by atoms with van der Waals surface area (Å²) in [4.78, 5) is 37.0. The molecule has 0 unspecified atom stereocenters. The molecule has 1 fully saturated rings. The molecule has 0 bridgehead atoms. The van der Waals surface area contributed by atoms with E-state index in [4.69, 9.17) is 26.8 Å². The minimum atomic E-state index is -1.000. The molecule has 170 valence electrons. The molecule has 0 aromatic heterocycles.